The summed E-state index contributed by atoms with van der Waals surface area (Å²) in [7, 11) is 0. The van der Waals surface area contributed by atoms with E-state index in [1.807, 2.05) is 23.1 Å². The molecule has 3 N–H and O–H groups in total. The SMILES string of the molecule is CC1Cc2ccccc2N1C(=O)C1CCCCC1C(=O)NCCCCN.Cl. The first-order chi connectivity index (χ1) is 12.6. The van der Waals surface area contributed by atoms with Crippen molar-refractivity contribution in [2.45, 2.75) is 57.9 Å². The minimum atomic E-state index is -0.202. The zero-order chi connectivity index (χ0) is 18.5. The van der Waals surface area contributed by atoms with Crippen LogP contribution in [0, 0.1) is 11.8 Å². The Morgan fingerprint density at radius 3 is 2.59 bits per heavy atom. The van der Waals surface area contributed by atoms with Crippen LogP contribution in [0.25, 0.3) is 0 Å². The minimum Gasteiger partial charge on any atom is -0.356 e. The maximum atomic E-state index is 13.4. The normalized spacial score (nSPS) is 24.1. The van der Waals surface area contributed by atoms with Crippen LogP contribution < -0.4 is 16.0 Å². The summed E-state index contributed by atoms with van der Waals surface area (Å²) in [5.74, 6) is -0.231. The van der Waals surface area contributed by atoms with Gasteiger partial charge in [-0.25, -0.2) is 0 Å². The van der Waals surface area contributed by atoms with Gasteiger partial charge in [0.05, 0.1) is 5.92 Å². The molecule has 1 aromatic rings. The topological polar surface area (TPSA) is 75.4 Å². The highest BCUT2D eigenvalue weighted by Gasteiger charge is 2.41. The summed E-state index contributed by atoms with van der Waals surface area (Å²) in [4.78, 5) is 28.0. The molecule has 1 saturated carbocycles. The highest BCUT2D eigenvalue weighted by molar-refractivity contribution is 6.00. The van der Waals surface area contributed by atoms with E-state index in [1.165, 1.54) is 5.56 Å². The lowest BCUT2D eigenvalue weighted by Crippen LogP contribution is -2.47. The van der Waals surface area contributed by atoms with E-state index >= 15 is 0 Å². The van der Waals surface area contributed by atoms with Crippen molar-refractivity contribution in [3.05, 3.63) is 29.8 Å². The molecule has 3 unspecified atom stereocenters. The first-order valence-electron chi connectivity index (χ1n) is 10.0. The number of nitrogens with one attached hydrogen (secondary N) is 1. The fourth-order valence-electron chi connectivity index (χ4n) is 4.43. The molecule has 1 aliphatic heterocycles. The van der Waals surface area contributed by atoms with Crippen molar-refractivity contribution >= 4 is 29.9 Å². The van der Waals surface area contributed by atoms with E-state index in [1.54, 1.807) is 0 Å². The first-order valence-corrected chi connectivity index (χ1v) is 10.0. The number of benzene rings is 1. The number of rotatable bonds is 6. The quantitative estimate of drug-likeness (QED) is 0.729. The van der Waals surface area contributed by atoms with E-state index in [4.69, 9.17) is 5.73 Å². The van der Waals surface area contributed by atoms with Crippen LogP contribution in [0.1, 0.15) is 51.0 Å². The number of unbranched alkanes of at least 4 members (excludes halogenated alkanes) is 1. The molecule has 1 heterocycles. The van der Waals surface area contributed by atoms with Crippen molar-refractivity contribution in [1.82, 2.24) is 5.32 Å². The minimum absolute atomic E-state index is 0. The number of carbonyl (C=O) groups excluding carboxylic acids is 2. The number of halogens is 1. The van der Waals surface area contributed by atoms with Gasteiger partial charge >= 0.3 is 0 Å². The third kappa shape index (κ3) is 4.82. The number of amides is 2. The second-order valence-corrected chi connectivity index (χ2v) is 7.67. The highest BCUT2D eigenvalue weighted by Crippen LogP contribution is 2.38. The number of hydrogen-bond donors (Lipinski definition) is 2. The summed E-state index contributed by atoms with van der Waals surface area (Å²) in [6.07, 6.45) is 6.37. The van der Waals surface area contributed by atoms with Crippen LogP contribution in [0.15, 0.2) is 24.3 Å². The third-order valence-electron chi connectivity index (χ3n) is 5.79. The Hall–Kier alpha value is -1.59. The van der Waals surface area contributed by atoms with Gasteiger partial charge in [0.25, 0.3) is 0 Å². The molecule has 2 aliphatic rings. The molecular weight excluding hydrogens is 362 g/mol. The van der Waals surface area contributed by atoms with Gasteiger partial charge in [0.2, 0.25) is 11.8 Å². The van der Waals surface area contributed by atoms with Gasteiger partial charge < -0.3 is 16.0 Å². The van der Waals surface area contributed by atoms with Gasteiger partial charge in [-0.15, -0.1) is 12.4 Å². The van der Waals surface area contributed by atoms with Gasteiger partial charge in [0.15, 0.2) is 0 Å². The third-order valence-corrected chi connectivity index (χ3v) is 5.79. The number of anilines is 1. The van der Waals surface area contributed by atoms with Gasteiger partial charge in [0.1, 0.15) is 0 Å². The van der Waals surface area contributed by atoms with Crippen molar-refractivity contribution in [2.75, 3.05) is 18.0 Å². The molecule has 5 nitrogen and oxygen atoms in total. The Labute approximate surface area is 168 Å². The van der Waals surface area contributed by atoms with Gasteiger partial charge in [-0.2, -0.15) is 0 Å². The van der Waals surface area contributed by atoms with Crippen LogP contribution in [0.4, 0.5) is 5.69 Å². The summed E-state index contributed by atoms with van der Waals surface area (Å²) >= 11 is 0. The molecule has 0 aromatic heterocycles. The van der Waals surface area contributed by atoms with Gasteiger partial charge in [0, 0.05) is 24.2 Å². The Morgan fingerprint density at radius 2 is 1.85 bits per heavy atom. The average Bonchev–Trinajstić information content (AvgIpc) is 3.00. The standard InChI is InChI=1S/C21H31N3O2.ClH/c1-15-14-16-8-2-5-11-19(16)24(15)21(26)18-10-4-3-9-17(18)20(25)23-13-7-6-12-22;/h2,5,8,11,15,17-18H,3-4,6-7,9-10,12-14,22H2,1H3,(H,23,25);1H. The average molecular weight is 394 g/mol. The molecular formula is C21H32ClN3O2. The largest absolute Gasteiger partial charge is 0.356 e. The van der Waals surface area contributed by atoms with Gasteiger partial charge in [-0.05, 0) is 57.2 Å². The molecule has 3 atom stereocenters. The Balaban J connectivity index is 0.00000261. The molecule has 0 radical (unpaired) electrons. The zero-order valence-corrected chi connectivity index (χ0v) is 17.0. The van der Waals surface area contributed by atoms with Crippen LogP contribution in [-0.2, 0) is 16.0 Å². The number of nitrogens with zero attached hydrogens (tertiary/aromatic N) is 1. The monoisotopic (exact) mass is 393 g/mol. The molecule has 1 aromatic carbocycles. The van der Waals surface area contributed by atoms with Crippen molar-refractivity contribution in [1.29, 1.82) is 0 Å². The Morgan fingerprint density at radius 1 is 1.15 bits per heavy atom. The van der Waals surface area contributed by atoms with Crippen molar-refractivity contribution in [2.24, 2.45) is 17.6 Å². The van der Waals surface area contributed by atoms with E-state index < -0.39 is 0 Å². The number of fused-ring (bicyclic) bond motifs is 1. The lowest BCUT2D eigenvalue weighted by atomic mass is 9.77. The van der Waals surface area contributed by atoms with E-state index in [-0.39, 0.29) is 42.1 Å². The molecule has 0 bridgehead atoms. The van der Waals surface area contributed by atoms with Crippen LogP contribution in [0.5, 0.6) is 0 Å². The van der Waals surface area contributed by atoms with Crippen LogP contribution >= 0.6 is 12.4 Å². The number of nitrogens with two attached hydrogens (primary N) is 1. The molecule has 1 fully saturated rings. The predicted molar refractivity (Wildman–Crippen MR) is 111 cm³/mol. The molecule has 0 saturated heterocycles. The molecule has 6 heteroatoms. The lowest BCUT2D eigenvalue weighted by Gasteiger charge is -2.34. The second-order valence-electron chi connectivity index (χ2n) is 7.67. The van der Waals surface area contributed by atoms with Crippen LogP contribution in [-0.4, -0.2) is 30.9 Å². The fourth-order valence-corrected chi connectivity index (χ4v) is 4.43. The maximum absolute atomic E-state index is 13.4. The highest BCUT2D eigenvalue weighted by atomic mass is 35.5. The zero-order valence-electron chi connectivity index (χ0n) is 16.2. The van der Waals surface area contributed by atoms with Crippen molar-refractivity contribution in [3.8, 4) is 0 Å². The van der Waals surface area contributed by atoms with Crippen LogP contribution in [0.2, 0.25) is 0 Å². The molecule has 1 aliphatic carbocycles. The van der Waals surface area contributed by atoms with Crippen molar-refractivity contribution in [3.63, 3.8) is 0 Å². The summed E-state index contributed by atoms with van der Waals surface area (Å²) in [6, 6.07) is 8.30. The molecule has 27 heavy (non-hydrogen) atoms. The summed E-state index contributed by atoms with van der Waals surface area (Å²) in [5.41, 5.74) is 7.76. The predicted octanol–water partition coefficient (Wildman–Crippen LogP) is 3.05. The number of para-hydroxylation sites is 1. The maximum Gasteiger partial charge on any atom is 0.231 e. The van der Waals surface area contributed by atoms with Crippen LogP contribution in [0.3, 0.4) is 0 Å². The Kier molecular flexibility index (Phi) is 8.11. The summed E-state index contributed by atoms with van der Waals surface area (Å²) < 4.78 is 0. The lowest BCUT2D eigenvalue weighted by molar-refractivity contribution is -0.135. The summed E-state index contributed by atoms with van der Waals surface area (Å²) in [6.45, 7) is 3.39. The van der Waals surface area contributed by atoms with E-state index in [9.17, 15) is 9.59 Å². The number of carbonyl (C=O) groups is 2. The summed E-state index contributed by atoms with van der Waals surface area (Å²) in [5, 5.41) is 3.03. The second kappa shape index (κ2) is 10.1. The van der Waals surface area contributed by atoms with E-state index in [0.29, 0.717) is 13.1 Å². The van der Waals surface area contributed by atoms with E-state index in [2.05, 4.69) is 18.3 Å². The molecule has 3 rings (SSSR count). The molecule has 2 amide bonds. The Bertz CT molecular complexity index is 652. The van der Waals surface area contributed by atoms with Gasteiger partial charge in [-0.1, -0.05) is 31.0 Å². The number of hydrogen-bond acceptors (Lipinski definition) is 3. The van der Waals surface area contributed by atoms with Gasteiger partial charge in [-0.3, -0.25) is 9.59 Å². The molecule has 150 valence electrons. The molecule has 0 spiro atoms. The van der Waals surface area contributed by atoms with Crippen molar-refractivity contribution < 1.29 is 9.59 Å². The van der Waals surface area contributed by atoms with E-state index in [0.717, 1.165) is 50.6 Å². The smallest absolute Gasteiger partial charge is 0.231 e. The first kappa shape index (κ1) is 21.7. The fraction of sp³-hybridized carbons (Fsp3) is 0.619.